The summed E-state index contributed by atoms with van der Waals surface area (Å²) in [6.45, 7) is 4.08. The van der Waals surface area contributed by atoms with Crippen LogP contribution in [0.1, 0.15) is 29.5 Å². The van der Waals surface area contributed by atoms with Crippen molar-refractivity contribution < 1.29 is 4.79 Å². The number of amides is 1. The van der Waals surface area contributed by atoms with E-state index in [1.807, 2.05) is 44.3 Å². The van der Waals surface area contributed by atoms with E-state index < -0.39 is 0 Å². The first kappa shape index (κ1) is 15.3. The van der Waals surface area contributed by atoms with Crippen molar-refractivity contribution in [2.24, 2.45) is 0 Å². The molecule has 2 N–H and O–H groups in total. The van der Waals surface area contributed by atoms with Crippen molar-refractivity contribution in [1.82, 2.24) is 4.98 Å². The lowest BCUT2D eigenvalue weighted by Gasteiger charge is -2.07. The summed E-state index contributed by atoms with van der Waals surface area (Å²) in [6, 6.07) is 14.4. The molecule has 0 atom stereocenters. The molecular weight excluding hydrogens is 284 g/mol. The van der Waals surface area contributed by atoms with Crippen LogP contribution >= 0.6 is 0 Å². The van der Waals surface area contributed by atoms with Gasteiger partial charge in [0.2, 0.25) is 5.91 Å². The molecule has 0 saturated carbocycles. The van der Waals surface area contributed by atoms with Crippen molar-refractivity contribution in [3.8, 4) is 0 Å². The highest BCUT2D eigenvalue weighted by Gasteiger charge is 2.06. The Kier molecular flexibility index (Phi) is 4.47. The van der Waals surface area contributed by atoms with Crippen LogP contribution in [0.15, 0.2) is 48.7 Å². The number of rotatable bonds is 5. The largest absolute Gasteiger partial charge is 0.361 e. The van der Waals surface area contributed by atoms with Gasteiger partial charge in [-0.25, -0.2) is 0 Å². The number of para-hydroxylation sites is 1. The van der Waals surface area contributed by atoms with E-state index in [4.69, 9.17) is 0 Å². The van der Waals surface area contributed by atoms with Crippen LogP contribution in [0.2, 0.25) is 0 Å². The number of carbonyl (C=O) groups is 1. The second-order valence-corrected chi connectivity index (χ2v) is 6.14. The predicted molar refractivity (Wildman–Crippen MR) is 95.8 cm³/mol. The summed E-state index contributed by atoms with van der Waals surface area (Å²) in [5, 5.41) is 4.25. The second-order valence-electron chi connectivity index (χ2n) is 6.14. The Morgan fingerprint density at radius 2 is 1.83 bits per heavy atom. The molecule has 0 radical (unpaired) electrons. The third-order valence-electron chi connectivity index (χ3n) is 4.03. The molecule has 3 rings (SSSR count). The van der Waals surface area contributed by atoms with E-state index in [2.05, 4.69) is 28.5 Å². The Morgan fingerprint density at radius 1 is 1.09 bits per heavy atom. The van der Waals surface area contributed by atoms with Gasteiger partial charge in [0.05, 0.1) is 0 Å². The van der Waals surface area contributed by atoms with Crippen molar-refractivity contribution in [3.63, 3.8) is 0 Å². The van der Waals surface area contributed by atoms with Crippen molar-refractivity contribution in [3.05, 3.63) is 65.4 Å². The fourth-order valence-electron chi connectivity index (χ4n) is 3.05. The van der Waals surface area contributed by atoms with Gasteiger partial charge >= 0.3 is 0 Å². The molecule has 0 aliphatic carbocycles. The van der Waals surface area contributed by atoms with Gasteiger partial charge in [-0.15, -0.1) is 0 Å². The molecule has 118 valence electrons. The minimum absolute atomic E-state index is 0.0786. The zero-order valence-electron chi connectivity index (χ0n) is 13.6. The molecule has 0 aliphatic heterocycles. The van der Waals surface area contributed by atoms with Crippen molar-refractivity contribution in [2.75, 3.05) is 5.32 Å². The first-order chi connectivity index (χ1) is 11.1. The second kappa shape index (κ2) is 6.69. The summed E-state index contributed by atoms with van der Waals surface area (Å²) in [5.74, 6) is 0.0786. The van der Waals surface area contributed by atoms with Gasteiger partial charge in [0, 0.05) is 29.2 Å². The molecule has 23 heavy (non-hydrogen) atoms. The zero-order valence-corrected chi connectivity index (χ0v) is 13.6. The number of fused-ring (bicyclic) bond motifs is 1. The van der Waals surface area contributed by atoms with Gasteiger partial charge in [-0.3, -0.25) is 4.79 Å². The molecule has 0 unspecified atom stereocenters. The normalized spacial score (nSPS) is 10.9. The predicted octanol–water partition coefficient (Wildman–Crippen LogP) is 4.75. The van der Waals surface area contributed by atoms with E-state index in [-0.39, 0.29) is 5.91 Å². The Morgan fingerprint density at radius 3 is 2.61 bits per heavy atom. The minimum atomic E-state index is 0.0786. The first-order valence-electron chi connectivity index (χ1n) is 8.05. The number of aromatic amines is 1. The fraction of sp³-hybridized carbons (Fsp3) is 0.250. The lowest BCUT2D eigenvalue weighted by molar-refractivity contribution is -0.116. The number of H-pyrrole nitrogens is 1. The summed E-state index contributed by atoms with van der Waals surface area (Å²) in [6.07, 6.45) is 4.34. The van der Waals surface area contributed by atoms with Crippen LogP contribution in [0.4, 0.5) is 5.69 Å². The average molecular weight is 306 g/mol. The minimum Gasteiger partial charge on any atom is -0.361 e. The van der Waals surface area contributed by atoms with E-state index >= 15 is 0 Å². The molecule has 3 aromatic rings. The molecule has 0 aliphatic rings. The molecule has 3 heteroatoms. The van der Waals surface area contributed by atoms with Gasteiger partial charge in [0.1, 0.15) is 0 Å². The highest BCUT2D eigenvalue weighted by molar-refractivity contribution is 5.91. The monoisotopic (exact) mass is 306 g/mol. The summed E-state index contributed by atoms with van der Waals surface area (Å²) in [4.78, 5) is 15.4. The maximum absolute atomic E-state index is 12.1. The fourth-order valence-corrected chi connectivity index (χ4v) is 3.05. The van der Waals surface area contributed by atoms with Gasteiger partial charge in [-0.05, 0) is 61.6 Å². The molecule has 1 heterocycles. The quantitative estimate of drug-likeness (QED) is 0.702. The summed E-state index contributed by atoms with van der Waals surface area (Å²) in [7, 11) is 0. The lowest BCUT2D eigenvalue weighted by Crippen LogP contribution is -2.11. The van der Waals surface area contributed by atoms with Crippen LogP contribution in [0.25, 0.3) is 10.9 Å². The maximum Gasteiger partial charge on any atom is 0.224 e. The summed E-state index contributed by atoms with van der Waals surface area (Å²) in [5.41, 5.74) is 5.65. The smallest absolute Gasteiger partial charge is 0.224 e. The molecule has 2 aromatic carbocycles. The number of hydrogen-bond donors (Lipinski definition) is 2. The van der Waals surface area contributed by atoms with Crippen LogP contribution in [0, 0.1) is 13.8 Å². The van der Waals surface area contributed by atoms with Crippen LogP contribution in [-0.4, -0.2) is 10.9 Å². The van der Waals surface area contributed by atoms with E-state index in [0.717, 1.165) is 24.0 Å². The van der Waals surface area contributed by atoms with E-state index in [1.165, 1.54) is 22.1 Å². The lowest BCUT2D eigenvalue weighted by atomic mass is 10.1. The highest BCUT2D eigenvalue weighted by atomic mass is 16.1. The van der Waals surface area contributed by atoms with Crippen molar-refractivity contribution in [1.29, 1.82) is 0 Å². The van der Waals surface area contributed by atoms with Crippen molar-refractivity contribution >= 4 is 22.5 Å². The van der Waals surface area contributed by atoms with Crippen LogP contribution in [0.3, 0.4) is 0 Å². The molecule has 0 spiro atoms. The topological polar surface area (TPSA) is 44.9 Å². The van der Waals surface area contributed by atoms with Crippen molar-refractivity contribution in [2.45, 2.75) is 33.1 Å². The first-order valence-corrected chi connectivity index (χ1v) is 8.05. The Balaban J connectivity index is 1.55. The number of nitrogens with one attached hydrogen (secondary N) is 2. The molecule has 1 aromatic heterocycles. The van der Waals surface area contributed by atoms with Gasteiger partial charge in [0.15, 0.2) is 0 Å². The van der Waals surface area contributed by atoms with Gasteiger partial charge in [-0.2, -0.15) is 0 Å². The third kappa shape index (κ3) is 3.81. The Hall–Kier alpha value is -2.55. The molecular formula is C20H22N2O. The summed E-state index contributed by atoms with van der Waals surface area (Å²) >= 11 is 0. The zero-order chi connectivity index (χ0) is 16.2. The van der Waals surface area contributed by atoms with E-state index in [0.29, 0.717) is 6.42 Å². The number of anilines is 1. The summed E-state index contributed by atoms with van der Waals surface area (Å²) < 4.78 is 0. The number of aryl methyl sites for hydroxylation is 3. The number of carbonyl (C=O) groups excluding carboxylic acids is 1. The van der Waals surface area contributed by atoms with E-state index in [1.54, 1.807) is 0 Å². The van der Waals surface area contributed by atoms with Crippen LogP contribution in [-0.2, 0) is 11.2 Å². The number of aromatic nitrogens is 1. The highest BCUT2D eigenvalue weighted by Crippen LogP contribution is 2.20. The van der Waals surface area contributed by atoms with Crippen LogP contribution in [0.5, 0.6) is 0 Å². The maximum atomic E-state index is 12.1. The average Bonchev–Trinajstić information content (AvgIpc) is 2.90. The molecule has 1 amide bonds. The Labute approximate surface area is 136 Å². The van der Waals surface area contributed by atoms with Gasteiger partial charge < -0.3 is 10.3 Å². The molecule has 0 fully saturated rings. The standard InChI is InChI=1S/C20H22N2O/c1-14-10-15(2)12-17(11-14)22-20(23)9-5-6-16-13-21-19-8-4-3-7-18(16)19/h3-4,7-8,10-13,21H,5-6,9H2,1-2H3,(H,22,23). The van der Waals surface area contributed by atoms with E-state index in [9.17, 15) is 4.79 Å². The number of benzene rings is 2. The molecule has 0 saturated heterocycles. The SMILES string of the molecule is Cc1cc(C)cc(NC(=O)CCCc2c[nH]c3ccccc23)c1. The number of hydrogen-bond acceptors (Lipinski definition) is 1. The molecule has 0 bridgehead atoms. The molecule has 3 nitrogen and oxygen atoms in total. The van der Waals surface area contributed by atoms with Crippen LogP contribution < -0.4 is 5.32 Å². The third-order valence-corrected chi connectivity index (χ3v) is 4.03. The Bertz CT molecular complexity index is 812. The van der Waals surface area contributed by atoms with Gasteiger partial charge in [0.25, 0.3) is 0 Å². The van der Waals surface area contributed by atoms with Gasteiger partial charge in [-0.1, -0.05) is 24.3 Å².